The van der Waals surface area contributed by atoms with Crippen LogP contribution >= 0.6 is 12.2 Å². The highest BCUT2D eigenvalue weighted by atomic mass is 32.1. The molecule has 1 atom stereocenters. The van der Waals surface area contributed by atoms with Crippen LogP contribution in [0.2, 0.25) is 0 Å². The van der Waals surface area contributed by atoms with Crippen molar-refractivity contribution in [3.05, 3.63) is 48.2 Å². The highest BCUT2D eigenvalue weighted by molar-refractivity contribution is 7.80. The van der Waals surface area contributed by atoms with Gasteiger partial charge in [-0.3, -0.25) is 9.69 Å². The summed E-state index contributed by atoms with van der Waals surface area (Å²) < 4.78 is 0. The molecule has 1 aromatic carbocycles. The molecule has 1 aromatic heterocycles. The molecule has 0 radical (unpaired) electrons. The smallest absolute Gasteiger partial charge is 0.252 e. The van der Waals surface area contributed by atoms with Gasteiger partial charge < -0.3 is 9.88 Å². The molecular weight excluding hydrogens is 282 g/mol. The van der Waals surface area contributed by atoms with Crippen LogP contribution in [0.4, 0.5) is 0 Å². The molecule has 1 saturated heterocycles. The predicted molar refractivity (Wildman–Crippen MR) is 85.8 cm³/mol. The Kier molecular flexibility index (Phi) is 2.65. The summed E-state index contributed by atoms with van der Waals surface area (Å²) in [6, 6.07) is 8.08. The molecule has 1 fully saturated rings. The predicted octanol–water partition coefficient (Wildman–Crippen LogP) is 2.21. The summed E-state index contributed by atoms with van der Waals surface area (Å²) in [5, 5.41) is 1.84. The van der Waals surface area contributed by atoms with Crippen LogP contribution in [0.1, 0.15) is 11.3 Å². The first kappa shape index (κ1) is 12.6. The number of para-hydroxylation sites is 1. The van der Waals surface area contributed by atoms with Gasteiger partial charge in [0.1, 0.15) is 6.04 Å². The summed E-state index contributed by atoms with van der Waals surface area (Å²) in [4.78, 5) is 19.7. The first-order chi connectivity index (χ1) is 10.2. The second kappa shape index (κ2) is 4.43. The average molecular weight is 297 g/mol. The third-order valence-corrected chi connectivity index (χ3v) is 4.80. The number of nitrogens with zero attached hydrogens (tertiary/aromatic N) is 2. The summed E-state index contributed by atoms with van der Waals surface area (Å²) in [6.45, 7) is 4.86. The van der Waals surface area contributed by atoms with Crippen molar-refractivity contribution >= 4 is 34.1 Å². The molecular formula is C16H15N3OS. The molecule has 4 nitrogen and oxygen atoms in total. The number of nitrogens with one attached hydrogen (secondary N) is 1. The molecule has 1 N–H and O–H groups in total. The van der Waals surface area contributed by atoms with E-state index in [2.05, 4.69) is 23.7 Å². The molecule has 0 saturated carbocycles. The maximum absolute atomic E-state index is 12.5. The Bertz CT molecular complexity index is 779. The van der Waals surface area contributed by atoms with Gasteiger partial charge in [0.2, 0.25) is 0 Å². The zero-order valence-corrected chi connectivity index (χ0v) is 12.3. The lowest BCUT2D eigenvalue weighted by Crippen LogP contribution is -2.39. The standard InChI is InChI=1S/C16H15N3OS/c1-2-7-18-15(20)14-8-11-10-5-3-4-6-12(10)17-13(11)9-19(14)16(18)21/h2-6,14,17H,1,7-9H2. The average Bonchev–Trinajstić information content (AvgIpc) is 2.97. The normalized spacial score (nSPS) is 20.9. The first-order valence-electron chi connectivity index (χ1n) is 7.02. The number of carbonyl (C=O) groups is 1. The van der Waals surface area contributed by atoms with Crippen molar-refractivity contribution in [1.29, 1.82) is 0 Å². The molecule has 5 heteroatoms. The number of fused-ring (bicyclic) bond motifs is 4. The van der Waals surface area contributed by atoms with Crippen LogP contribution in [0.3, 0.4) is 0 Å². The highest BCUT2D eigenvalue weighted by Gasteiger charge is 2.44. The van der Waals surface area contributed by atoms with Crippen molar-refractivity contribution in [1.82, 2.24) is 14.8 Å². The highest BCUT2D eigenvalue weighted by Crippen LogP contribution is 2.34. The zero-order valence-electron chi connectivity index (χ0n) is 11.5. The van der Waals surface area contributed by atoms with E-state index in [4.69, 9.17) is 12.2 Å². The minimum absolute atomic E-state index is 0.0934. The lowest BCUT2D eigenvalue weighted by atomic mass is 9.97. The van der Waals surface area contributed by atoms with Gasteiger partial charge in [0, 0.05) is 29.6 Å². The third-order valence-electron chi connectivity index (χ3n) is 4.34. The Labute approximate surface area is 128 Å². The van der Waals surface area contributed by atoms with Crippen LogP contribution in [-0.2, 0) is 17.8 Å². The fraction of sp³-hybridized carbons (Fsp3) is 0.250. The lowest BCUT2D eigenvalue weighted by Gasteiger charge is -2.28. The van der Waals surface area contributed by atoms with Crippen molar-refractivity contribution in [2.75, 3.05) is 6.54 Å². The number of benzene rings is 1. The third kappa shape index (κ3) is 1.67. The van der Waals surface area contributed by atoms with Gasteiger partial charge in [-0.15, -0.1) is 6.58 Å². The Morgan fingerprint density at radius 2 is 2.24 bits per heavy atom. The van der Waals surface area contributed by atoms with Crippen LogP contribution in [-0.4, -0.2) is 38.4 Å². The van der Waals surface area contributed by atoms with Gasteiger partial charge in [0.15, 0.2) is 5.11 Å². The summed E-state index contributed by atoms with van der Waals surface area (Å²) in [6.07, 6.45) is 2.43. The molecule has 2 aliphatic heterocycles. The Morgan fingerprint density at radius 1 is 1.43 bits per heavy atom. The molecule has 4 rings (SSSR count). The molecule has 1 unspecified atom stereocenters. The first-order valence-corrected chi connectivity index (χ1v) is 7.43. The number of hydrogen-bond acceptors (Lipinski definition) is 2. The van der Waals surface area contributed by atoms with Crippen LogP contribution in [0.15, 0.2) is 36.9 Å². The van der Waals surface area contributed by atoms with E-state index in [1.165, 1.54) is 16.6 Å². The number of amides is 1. The topological polar surface area (TPSA) is 39.3 Å². The number of aromatic amines is 1. The summed E-state index contributed by atoms with van der Waals surface area (Å²) in [5.41, 5.74) is 3.55. The molecule has 1 amide bonds. The monoisotopic (exact) mass is 297 g/mol. The molecule has 0 aliphatic carbocycles. The number of aromatic nitrogens is 1. The quantitative estimate of drug-likeness (QED) is 0.682. The van der Waals surface area contributed by atoms with Gasteiger partial charge in [0.25, 0.3) is 5.91 Å². The molecule has 0 bridgehead atoms. The van der Waals surface area contributed by atoms with Crippen molar-refractivity contribution in [2.24, 2.45) is 0 Å². The van der Waals surface area contributed by atoms with Crippen molar-refractivity contribution in [2.45, 2.75) is 19.0 Å². The van der Waals surface area contributed by atoms with E-state index in [0.29, 0.717) is 24.6 Å². The Morgan fingerprint density at radius 3 is 3.05 bits per heavy atom. The van der Waals surface area contributed by atoms with Crippen LogP contribution in [0.25, 0.3) is 10.9 Å². The maximum atomic E-state index is 12.5. The number of rotatable bonds is 2. The van der Waals surface area contributed by atoms with Gasteiger partial charge in [-0.1, -0.05) is 24.3 Å². The molecule has 2 aromatic rings. The van der Waals surface area contributed by atoms with Gasteiger partial charge in [0.05, 0.1) is 6.54 Å². The van der Waals surface area contributed by atoms with Crippen LogP contribution in [0.5, 0.6) is 0 Å². The maximum Gasteiger partial charge on any atom is 0.252 e. The van der Waals surface area contributed by atoms with E-state index >= 15 is 0 Å². The molecule has 2 aliphatic rings. The van der Waals surface area contributed by atoms with E-state index in [1.807, 2.05) is 17.0 Å². The second-order valence-electron chi connectivity index (χ2n) is 5.50. The number of hydrogen-bond donors (Lipinski definition) is 1. The summed E-state index contributed by atoms with van der Waals surface area (Å²) >= 11 is 5.46. The molecule has 106 valence electrons. The van der Waals surface area contributed by atoms with E-state index in [-0.39, 0.29) is 11.9 Å². The second-order valence-corrected chi connectivity index (χ2v) is 5.86. The fourth-order valence-corrected chi connectivity index (χ4v) is 3.71. The van der Waals surface area contributed by atoms with Gasteiger partial charge >= 0.3 is 0 Å². The number of H-pyrrole nitrogens is 1. The zero-order chi connectivity index (χ0) is 14.6. The Hall–Kier alpha value is -2.14. The molecule has 3 heterocycles. The van der Waals surface area contributed by atoms with Crippen LogP contribution < -0.4 is 0 Å². The Balaban J connectivity index is 1.77. The van der Waals surface area contributed by atoms with Gasteiger partial charge in [-0.2, -0.15) is 0 Å². The minimum atomic E-state index is -0.163. The lowest BCUT2D eigenvalue weighted by molar-refractivity contribution is -0.128. The van der Waals surface area contributed by atoms with E-state index in [9.17, 15) is 4.79 Å². The van der Waals surface area contributed by atoms with Gasteiger partial charge in [-0.05, 0) is 23.8 Å². The van der Waals surface area contributed by atoms with Crippen LogP contribution in [0, 0.1) is 0 Å². The number of carbonyl (C=O) groups excluding carboxylic acids is 1. The van der Waals surface area contributed by atoms with E-state index in [0.717, 1.165) is 5.52 Å². The van der Waals surface area contributed by atoms with Crippen molar-refractivity contribution in [3.63, 3.8) is 0 Å². The number of thiocarbonyl (C=S) groups is 1. The molecule has 21 heavy (non-hydrogen) atoms. The largest absolute Gasteiger partial charge is 0.357 e. The SMILES string of the molecule is C=CCN1C(=O)C2Cc3c([nH]c4ccccc34)CN2C1=S. The minimum Gasteiger partial charge on any atom is -0.357 e. The van der Waals surface area contributed by atoms with E-state index in [1.54, 1.807) is 11.0 Å². The van der Waals surface area contributed by atoms with E-state index < -0.39 is 0 Å². The van der Waals surface area contributed by atoms with Crippen molar-refractivity contribution in [3.8, 4) is 0 Å². The summed E-state index contributed by atoms with van der Waals surface area (Å²) in [7, 11) is 0. The molecule has 0 spiro atoms. The van der Waals surface area contributed by atoms with Crippen molar-refractivity contribution < 1.29 is 4.79 Å². The van der Waals surface area contributed by atoms with Gasteiger partial charge in [-0.25, -0.2) is 0 Å². The summed E-state index contributed by atoms with van der Waals surface area (Å²) in [5.74, 6) is 0.0934. The fourth-order valence-electron chi connectivity index (χ4n) is 3.36.